The molecule has 0 unspecified atom stereocenters. The van der Waals surface area contributed by atoms with Gasteiger partial charge in [0, 0.05) is 22.9 Å². The highest BCUT2D eigenvalue weighted by Gasteiger charge is 2.12. The van der Waals surface area contributed by atoms with Crippen LogP contribution in [0.4, 0.5) is 11.4 Å². The third-order valence-electron chi connectivity index (χ3n) is 3.30. The Kier molecular flexibility index (Phi) is 5.26. The molecule has 0 aliphatic heterocycles. The quantitative estimate of drug-likeness (QED) is 0.499. The number of ether oxygens (including phenoxy) is 1. The number of nitrogens with zero attached hydrogens (tertiary/aromatic N) is 1. The van der Waals surface area contributed by atoms with Crippen LogP contribution in [0.25, 0.3) is 0 Å². The maximum absolute atomic E-state index is 11.9. The number of rotatable bonds is 6. The van der Waals surface area contributed by atoms with Gasteiger partial charge in [-0.2, -0.15) is 0 Å². The molecular formula is C17H16N2O5. The van der Waals surface area contributed by atoms with E-state index < -0.39 is 10.8 Å². The molecule has 0 saturated heterocycles. The number of benzene rings is 2. The van der Waals surface area contributed by atoms with Crippen LogP contribution in [0.1, 0.15) is 22.8 Å². The van der Waals surface area contributed by atoms with Crippen molar-refractivity contribution >= 4 is 23.1 Å². The van der Waals surface area contributed by atoms with Crippen molar-refractivity contribution < 1.29 is 19.2 Å². The number of carbonyl (C=O) groups excluding carboxylic acids is 2. The van der Waals surface area contributed by atoms with Crippen LogP contribution in [-0.2, 0) is 4.79 Å². The smallest absolute Gasteiger partial charge is 0.274 e. The Morgan fingerprint density at radius 3 is 2.62 bits per heavy atom. The van der Waals surface area contributed by atoms with E-state index >= 15 is 0 Å². The number of hydrogen-bond donors (Lipinski definition) is 1. The van der Waals surface area contributed by atoms with E-state index in [4.69, 9.17) is 4.74 Å². The molecule has 0 aliphatic carbocycles. The molecule has 0 bridgehead atoms. The summed E-state index contributed by atoms with van der Waals surface area (Å²) >= 11 is 0. The first kappa shape index (κ1) is 17.1. The third-order valence-corrected chi connectivity index (χ3v) is 3.30. The van der Waals surface area contributed by atoms with Crippen molar-refractivity contribution in [2.75, 3.05) is 11.9 Å². The number of carbonyl (C=O) groups is 2. The van der Waals surface area contributed by atoms with Gasteiger partial charge in [0.15, 0.2) is 12.4 Å². The molecule has 0 fully saturated rings. The Morgan fingerprint density at radius 2 is 1.96 bits per heavy atom. The van der Waals surface area contributed by atoms with Crippen molar-refractivity contribution in [2.24, 2.45) is 0 Å². The Balaban J connectivity index is 1.99. The van der Waals surface area contributed by atoms with Crippen molar-refractivity contribution in [1.82, 2.24) is 0 Å². The van der Waals surface area contributed by atoms with E-state index in [0.717, 1.165) is 0 Å². The molecule has 124 valence electrons. The second kappa shape index (κ2) is 7.36. The van der Waals surface area contributed by atoms with Crippen molar-refractivity contribution in [3.63, 3.8) is 0 Å². The van der Waals surface area contributed by atoms with Gasteiger partial charge in [-0.05, 0) is 32.0 Å². The van der Waals surface area contributed by atoms with Crippen LogP contribution in [0.3, 0.4) is 0 Å². The lowest BCUT2D eigenvalue weighted by atomic mass is 10.1. The highest BCUT2D eigenvalue weighted by Crippen LogP contribution is 2.22. The van der Waals surface area contributed by atoms with E-state index in [9.17, 15) is 19.7 Å². The van der Waals surface area contributed by atoms with Gasteiger partial charge < -0.3 is 10.1 Å². The van der Waals surface area contributed by atoms with Crippen LogP contribution >= 0.6 is 0 Å². The summed E-state index contributed by atoms with van der Waals surface area (Å²) in [5.41, 5.74) is 1.25. The third kappa shape index (κ3) is 4.39. The van der Waals surface area contributed by atoms with Gasteiger partial charge in [0.2, 0.25) is 0 Å². The monoisotopic (exact) mass is 328 g/mol. The lowest BCUT2D eigenvalue weighted by Gasteiger charge is -2.08. The summed E-state index contributed by atoms with van der Waals surface area (Å²) in [6.07, 6.45) is 0. The molecule has 0 radical (unpaired) electrons. The number of Topliss-reactive ketones (excluding diaryl/α,β-unsaturated/α-hetero) is 1. The maximum atomic E-state index is 11.9. The van der Waals surface area contributed by atoms with Gasteiger partial charge in [-0.3, -0.25) is 19.7 Å². The first-order valence-electron chi connectivity index (χ1n) is 7.15. The number of aryl methyl sites for hydroxylation is 1. The van der Waals surface area contributed by atoms with Gasteiger partial charge in [-0.25, -0.2) is 0 Å². The molecule has 0 heterocycles. The van der Waals surface area contributed by atoms with Gasteiger partial charge in [0.1, 0.15) is 5.75 Å². The fourth-order valence-electron chi connectivity index (χ4n) is 2.03. The number of hydrogen-bond acceptors (Lipinski definition) is 5. The number of nitrogens with one attached hydrogen (secondary N) is 1. The molecule has 1 amide bonds. The number of anilines is 1. The van der Waals surface area contributed by atoms with Crippen LogP contribution in [0.2, 0.25) is 0 Å². The van der Waals surface area contributed by atoms with E-state index in [1.165, 1.54) is 13.0 Å². The molecule has 2 rings (SSSR count). The van der Waals surface area contributed by atoms with Crippen LogP contribution in [0, 0.1) is 17.0 Å². The lowest BCUT2D eigenvalue weighted by Crippen LogP contribution is -2.20. The maximum Gasteiger partial charge on any atom is 0.274 e. The number of amides is 1. The van der Waals surface area contributed by atoms with Crippen LogP contribution < -0.4 is 10.1 Å². The van der Waals surface area contributed by atoms with E-state index in [1.807, 2.05) is 0 Å². The zero-order valence-corrected chi connectivity index (χ0v) is 13.2. The number of nitro benzene ring substituents is 1. The molecule has 24 heavy (non-hydrogen) atoms. The molecule has 0 aliphatic rings. The van der Waals surface area contributed by atoms with Gasteiger partial charge >= 0.3 is 0 Å². The van der Waals surface area contributed by atoms with Crippen LogP contribution in [0.15, 0.2) is 42.5 Å². The minimum Gasteiger partial charge on any atom is -0.484 e. The predicted octanol–water partition coefficient (Wildman–Crippen LogP) is 3.12. The fraction of sp³-hybridized carbons (Fsp3) is 0.176. The molecule has 2 aromatic rings. The first-order chi connectivity index (χ1) is 11.4. The topological polar surface area (TPSA) is 98.5 Å². The van der Waals surface area contributed by atoms with E-state index in [0.29, 0.717) is 22.6 Å². The average molecular weight is 328 g/mol. The molecule has 0 aromatic heterocycles. The minimum atomic E-state index is -0.505. The summed E-state index contributed by atoms with van der Waals surface area (Å²) in [5, 5.41) is 13.4. The Labute approximate surface area is 138 Å². The molecule has 0 spiro atoms. The second-order valence-electron chi connectivity index (χ2n) is 5.18. The highest BCUT2D eigenvalue weighted by molar-refractivity contribution is 5.94. The SMILES string of the molecule is CC(=O)c1cccc(OCC(=O)Nc2ccc(C)c([N+](=O)[O-])c2)c1. The molecule has 7 heteroatoms. The van der Waals surface area contributed by atoms with E-state index in [1.54, 1.807) is 43.3 Å². The summed E-state index contributed by atoms with van der Waals surface area (Å²) in [4.78, 5) is 33.6. The Morgan fingerprint density at radius 1 is 1.21 bits per heavy atom. The molecule has 7 nitrogen and oxygen atoms in total. The van der Waals surface area contributed by atoms with Crippen molar-refractivity contribution in [1.29, 1.82) is 0 Å². The zero-order chi connectivity index (χ0) is 17.7. The summed E-state index contributed by atoms with van der Waals surface area (Å²) in [6.45, 7) is 2.79. The van der Waals surface area contributed by atoms with Gasteiger partial charge in [0.05, 0.1) is 4.92 Å². The molecule has 0 atom stereocenters. The highest BCUT2D eigenvalue weighted by atomic mass is 16.6. The van der Waals surface area contributed by atoms with Crippen molar-refractivity contribution in [3.8, 4) is 5.75 Å². The molecule has 1 N–H and O–H groups in total. The summed E-state index contributed by atoms with van der Waals surface area (Å²) in [5.74, 6) is -0.161. The molecule has 2 aromatic carbocycles. The van der Waals surface area contributed by atoms with Gasteiger partial charge in [-0.1, -0.05) is 18.2 Å². The van der Waals surface area contributed by atoms with E-state index in [2.05, 4.69) is 5.32 Å². The first-order valence-corrected chi connectivity index (χ1v) is 7.15. The minimum absolute atomic E-state index is 0.0668. The normalized spacial score (nSPS) is 10.1. The van der Waals surface area contributed by atoms with Crippen LogP contribution in [-0.4, -0.2) is 23.2 Å². The zero-order valence-electron chi connectivity index (χ0n) is 13.2. The number of ketones is 1. The van der Waals surface area contributed by atoms with E-state index in [-0.39, 0.29) is 18.1 Å². The Bertz CT molecular complexity index is 801. The predicted molar refractivity (Wildman–Crippen MR) is 88.4 cm³/mol. The fourth-order valence-corrected chi connectivity index (χ4v) is 2.03. The summed E-state index contributed by atoms with van der Waals surface area (Å²) in [7, 11) is 0. The van der Waals surface area contributed by atoms with Gasteiger partial charge in [-0.15, -0.1) is 0 Å². The molecule has 0 saturated carbocycles. The molecular weight excluding hydrogens is 312 g/mol. The van der Waals surface area contributed by atoms with Gasteiger partial charge in [0.25, 0.3) is 11.6 Å². The second-order valence-corrected chi connectivity index (χ2v) is 5.18. The largest absolute Gasteiger partial charge is 0.484 e. The standard InChI is InChI=1S/C17H16N2O5/c1-11-6-7-14(9-16(11)19(22)23)18-17(21)10-24-15-5-3-4-13(8-15)12(2)20/h3-9H,10H2,1-2H3,(H,18,21). The van der Waals surface area contributed by atoms with Crippen LogP contribution in [0.5, 0.6) is 5.75 Å². The summed E-state index contributed by atoms with van der Waals surface area (Å²) in [6, 6.07) is 10.9. The number of nitro groups is 1. The van der Waals surface area contributed by atoms with Crippen molar-refractivity contribution in [2.45, 2.75) is 13.8 Å². The summed E-state index contributed by atoms with van der Waals surface area (Å²) < 4.78 is 5.33. The lowest BCUT2D eigenvalue weighted by molar-refractivity contribution is -0.385. The Hall–Kier alpha value is -3.22. The average Bonchev–Trinajstić information content (AvgIpc) is 2.54. The van der Waals surface area contributed by atoms with Crippen molar-refractivity contribution in [3.05, 3.63) is 63.7 Å².